The number of aliphatic hydroxyl groups is 1. The van der Waals surface area contributed by atoms with E-state index >= 15 is 0 Å². The molecule has 0 atom stereocenters. The van der Waals surface area contributed by atoms with Crippen molar-refractivity contribution in [3.63, 3.8) is 0 Å². The third kappa shape index (κ3) is 11.3. The average molecular weight is 978 g/mol. The number of amides is 1. The molecule has 0 saturated heterocycles. The van der Waals surface area contributed by atoms with Gasteiger partial charge in [0.2, 0.25) is 5.69 Å². The number of carbonyl (C=O) groups is 1. The molecule has 1 aliphatic carbocycles. The van der Waals surface area contributed by atoms with Gasteiger partial charge in [-0.05, 0) is 132 Å². The number of fused-ring (bicyclic) bond motifs is 6. The van der Waals surface area contributed by atoms with Crippen LogP contribution >= 0.6 is 0 Å². The molecule has 356 valence electrons. The average Bonchev–Trinajstić information content (AvgIpc) is 3.66. The maximum atomic E-state index is 13.0. The van der Waals surface area contributed by atoms with Crippen LogP contribution in [0.2, 0.25) is 0 Å². The summed E-state index contributed by atoms with van der Waals surface area (Å²) in [5, 5.41) is 16.7. The topological polar surface area (TPSA) is 170 Å². The smallest absolute Gasteiger partial charge is 0.748 e. The van der Waals surface area contributed by atoms with Gasteiger partial charge in [0.15, 0.2) is 5.71 Å². The zero-order valence-corrected chi connectivity index (χ0v) is 43.9. The van der Waals surface area contributed by atoms with Gasteiger partial charge in [0.05, 0.1) is 32.3 Å². The van der Waals surface area contributed by atoms with Crippen LogP contribution in [0.25, 0.3) is 27.1 Å². The van der Waals surface area contributed by atoms with Gasteiger partial charge in [-0.3, -0.25) is 4.79 Å². The first-order valence-corrected chi connectivity index (χ1v) is 26.7. The van der Waals surface area contributed by atoms with E-state index < -0.39 is 42.6 Å². The summed E-state index contributed by atoms with van der Waals surface area (Å²) in [5.41, 5.74) is 10.5. The summed E-state index contributed by atoms with van der Waals surface area (Å²) in [6, 6.07) is 32.8. The molecule has 0 radical (unpaired) electrons. The van der Waals surface area contributed by atoms with E-state index in [2.05, 4.69) is 115 Å². The number of nitrogens with zero attached hydrogens (tertiary/aromatic N) is 2. The molecule has 8 rings (SSSR count). The van der Waals surface area contributed by atoms with Gasteiger partial charge in [-0.25, -0.2) is 16.8 Å². The Morgan fingerprint density at radius 3 is 2.01 bits per heavy atom. The van der Waals surface area contributed by atoms with E-state index in [1.54, 1.807) is 0 Å². The first-order valence-electron chi connectivity index (χ1n) is 23.6. The molecule has 3 aliphatic rings. The van der Waals surface area contributed by atoms with Crippen LogP contribution in [0.3, 0.4) is 0 Å². The molecule has 2 aliphatic heterocycles. The molecule has 0 unspecified atom stereocenters. The fourth-order valence-electron chi connectivity index (χ4n) is 10.7. The van der Waals surface area contributed by atoms with Gasteiger partial charge in [-0.1, -0.05) is 92.7 Å². The van der Waals surface area contributed by atoms with Crippen molar-refractivity contribution in [3.05, 3.63) is 160 Å². The summed E-state index contributed by atoms with van der Waals surface area (Å²) < 4.78 is 71.8. The molecular weight excluding hydrogens is 918 g/mol. The van der Waals surface area contributed by atoms with Crippen LogP contribution in [0.15, 0.2) is 138 Å². The molecule has 0 aromatic heterocycles. The van der Waals surface area contributed by atoms with Crippen LogP contribution in [0, 0.1) is 0 Å². The Kier molecular flexibility index (Phi) is 16.1. The summed E-state index contributed by atoms with van der Waals surface area (Å²) in [6.07, 6.45) is 12.9. The molecule has 11 nitrogen and oxygen atoms in total. The molecule has 0 spiro atoms. The monoisotopic (exact) mass is 977 g/mol. The number of hydrogen-bond acceptors (Lipinski definition) is 9. The van der Waals surface area contributed by atoms with E-state index in [9.17, 15) is 35.8 Å². The number of hydrogen-bond donors (Lipinski definition) is 2. The molecule has 5 aromatic carbocycles. The van der Waals surface area contributed by atoms with Gasteiger partial charge in [-0.2, -0.15) is 4.58 Å². The Bertz CT molecular complexity index is 3170. The first-order chi connectivity index (χ1) is 32.4. The van der Waals surface area contributed by atoms with E-state index in [0.29, 0.717) is 31.5 Å². The minimum Gasteiger partial charge on any atom is -0.748 e. The standard InChI is InChI=1S/C55H61N3O8S2.Na/c1-54(2)48(57(33-9-11-36-67(61,62)63)46-28-24-38-14-5-7-18-44(38)51(46)54)30-26-40-16-13-17-41(50(40)42-20-22-43(23-21-42)53(60)56-32-35-59)27-31-49-55(3,4)52-45-19-8-6-15-39(45)25-29-47(52)58(49)34-10-12-37-68(64,65)66;/h5-8,14-15,18-31,59H,9-13,16-17,32-37H2,1-4H3,(H2-,56,60,61,62,63,64,65,66);/q;+1/p-1. The number of nitrogens with one attached hydrogen (secondary N) is 1. The Balaban J connectivity index is 0.00000703. The van der Waals surface area contributed by atoms with Gasteiger partial charge in [0.1, 0.15) is 6.54 Å². The number of aliphatic hydroxyl groups excluding tert-OH is 1. The van der Waals surface area contributed by atoms with E-state index in [1.807, 2.05) is 48.5 Å². The number of benzene rings is 5. The Morgan fingerprint density at radius 1 is 0.739 bits per heavy atom. The van der Waals surface area contributed by atoms with Gasteiger partial charge >= 0.3 is 29.6 Å². The Hall–Kier alpha value is -4.70. The van der Waals surface area contributed by atoms with Gasteiger partial charge in [0.25, 0.3) is 5.91 Å². The van der Waals surface area contributed by atoms with Crippen molar-refractivity contribution in [2.45, 2.75) is 83.5 Å². The molecule has 14 heteroatoms. The SMILES string of the molecule is CC1(C)C(/C=C/C2=C(c3ccc(C(=O)NCCO)cc3)C(=C/C=C3/N(CCCCS(=O)(=O)[O-])c4ccc5ccccc5c4C3(C)C)/CCC2)=[N+](CCCCS(=O)(=O)[O-])c2ccc3ccccc3c21.[Na+]. The number of allylic oxidation sites excluding steroid dienone is 8. The predicted octanol–water partition coefficient (Wildman–Crippen LogP) is 6.55. The van der Waals surface area contributed by atoms with E-state index in [0.717, 1.165) is 85.9 Å². The molecule has 2 N–H and O–H groups in total. The van der Waals surface area contributed by atoms with Crippen LogP contribution in [0.5, 0.6) is 0 Å². The van der Waals surface area contributed by atoms with Crippen LogP contribution in [-0.4, -0.2) is 85.0 Å². The Labute approximate surface area is 429 Å². The third-order valence-corrected chi connectivity index (χ3v) is 15.4. The largest absolute Gasteiger partial charge is 1.00 e. The Morgan fingerprint density at radius 2 is 1.36 bits per heavy atom. The molecule has 1 amide bonds. The molecule has 2 heterocycles. The van der Waals surface area contributed by atoms with Crippen LogP contribution in [0.4, 0.5) is 11.4 Å². The normalized spacial score (nSPS) is 17.9. The van der Waals surface area contributed by atoms with Crippen LogP contribution in [0.1, 0.15) is 99.7 Å². The first kappa shape index (κ1) is 52.1. The summed E-state index contributed by atoms with van der Waals surface area (Å²) in [6.45, 7) is 9.96. The molecule has 0 saturated carbocycles. The molecule has 0 bridgehead atoms. The minimum absolute atomic E-state index is 0. The summed E-state index contributed by atoms with van der Waals surface area (Å²) in [5.74, 6) is -1.09. The zero-order valence-electron chi connectivity index (χ0n) is 40.3. The fourth-order valence-corrected chi connectivity index (χ4v) is 11.8. The number of carbonyl (C=O) groups excluding carboxylic acids is 1. The predicted molar refractivity (Wildman–Crippen MR) is 271 cm³/mol. The molecule has 69 heavy (non-hydrogen) atoms. The maximum absolute atomic E-state index is 13.0. The van der Waals surface area contributed by atoms with Gasteiger partial charge in [0, 0.05) is 71.1 Å². The van der Waals surface area contributed by atoms with Crippen molar-refractivity contribution in [2.24, 2.45) is 0 Å². The zero-order chi connectivity index (χ0) is 48.4. The summed E-state index contributed by atoms with van der Waals surface area (Å²) in [4.78, 5) is 15.3. The minimum atomic E-state index is -4.34. The second-order valence-electron chi connectivity index (χ2n) is 19.1. The van der Waals surface area contributed by atoms with E-state index in [1.165, 1.54) is 11.1 Å². The third-order valence-electron chi connectivity index (χ3n) is 13.8. The van der Waals surface area contributed by atoms with E-state index in [4.69, 9.17) is 0 Å². The maximum Gasteiger partial charge on any atom is 1.00 e. The fraction of sp³-hybridized carbons (Fsp3) is 0.345. The quantitative estimate of drug-likeness (QED) is 0.0455. The van der Waals surface area contributed by atoms with Crippen molar-refractivity contribution < 1.29 is 70.0 Å². The molecule has 5 aromatic rings. The molecule has 0 fully saturated rings. The van der Waals surface area contributed by atoms with Gasteiger partial charge < -0.3 is 24.4 Å². The summed E-state index contributed by atoms with van der Waals surface area (Å²) in [7, 11) is -8.69. The second-order valence-corrected chi connectivity index (χ2v) is 22.2. The van der Waals surface area contributed by atoms with Gasteiger partial charge in [-0.15, -0.1) is 0 Å². The molecular formula is C55H60N3NaO8S2. The second kappa shape index (κ2) is 21.3. The van der Waals surface area contributed by atoms with Crippen molar-refractivity contribution in [3.8, 4) is 0 Å². The number of rotatable bonds is 17. The number of unbranched alkanes of at least 4 members (excludes halogenated alkanes) is 2. The van der Waals surface area contributed by atoms with Crippen molar-refractivity contribution in [1.29, 1.82) is 0 Å². The van der Waals surface area contributed by atoms with Crippen molar-refractivity contribution in [1.82, 2.24) is 5.32 Å². The number of anilines is 1. The summed E-state index contributed by atoms with van der Waals surface area (Å²) >= 11 is 0. The van der Waals surface area contributed by atoms with E-state index in [-0.39, 0.29) is 61.5 Å². The van der Waals surface area contributed by atoms with Crippen molar-refractivity contribution in [2.75, 3.05) is 42.6 Å². The van der Waals surface area contributed by atoms with Crippen LogP contribution < -0.4 is 39.8 Å². The van der Waals surface area contributed by atoms with Crippen molar-refractivity contribution >= 4 is 70.3 Å². The van der Waals surface area contributed by atoms with Crippen LogP contribution in [-0.2, 0) is 31.1 Å².